The number of piperidine rings is 1. The summed E-state index contributed by atoms with van der Waals surface area (Å²) in [6.07, 6.45) is 0.924. The largest absolute Gasteiger partial charge is 0.490 e. The van der Waals surface area contributed by atoms with Gasteiger partial charge in [0, 0.05) is 63.4 Å². The first-order valence-electron chi connectivity index (χ1n) is 12.4. The zero-order chi connectivity index (χ0) is 24.2. The van der Waals surface area contributed by atoms with E-state index in [2.05, 4.69) is 16.9 Å². The molecular weight excluding hydrogens is 440 g/mol. The van der Waals surface area contributed by atoms with Gasteiger partial charge in [0.15, 0.2) is 0 Å². The molecule has 5 rings (SSSR count). The van der Waals surface area contributed by atoms with E-state index >= 15 is 0 Å². The summed E-state index contributed by atoms with van der Waals surface area (Å²) in [7, 11) is 2.08. The summed E-state index contributed by atoms with van der Waals surface area (Å²) in [5.41, 5.74) is 1.25. The quantitative estimate of drug-likeness (QED) is 0.570. The average Bonchev–Trinajstić information content (AvgIpc) is 2.90. The van der Waals surface area contributed by atoms with Crippen molar-refractivity contribution < 1.29 is 14.3 Å². The van der Waals surface area contributed by atoms with Crippen LogP contribution in [0, 0.1) is 5.92 Å². The minimum absolute atomic E-state index is 0.0829. The van der Waals surface area contributed by atoms with Gasteiger partial charge in [0.05, 0.1) is 5.52 Å². The molecule has 3 heterocycles. The number of nitrogens with zero attached hydrogens (tertiary/aromatic N) is 4. The van der Waals surface area contributed by atoms with E-state index in [0.717, 1.165) is 42.8 Å². The number of amides is 2. The van der Waals surface area contributed by atoms with Gasteiger partial charge in [-0.3, -0.25) is 9.59 Å². The fourth-order valence-electron chi connectivity index (χ4n) is 4.98. The van der Waals surface area contributed by atoms with E-state index in [-0.39, 0.29) is 23.8 Å². The van der Waals surface area contributed by atoms with Crippen molar-refractivity contribution in [2.75, 3.05) is 46.3 Å². The SMILES string of the molecule is CN1CCN(C(=O)C[C@H]2CN(C(=O)c3ccc4ccccc4n3)CC[C@@H]2Oc2ccccc2)CC1. The molecule has 7 nitrogen and oxygen atoms in total. The van der Waals surface area contributed by atoms with Gasteiger partial charge >= 0.3 is 0 Å². The number of ether oxygens (including phenoxy) is 1. The Kier molecular flexibility index (Phi) is 6.95. The van der Waals surface area contributed by atoms with E-state index < -0.39 is 0 Å². The first-order valence-corrected chi connectivity index (χ1v) is 12.4. The first-order chi connectivity index (χ1) is 17.1. The van der Waals surface area contributed by atoms with Crippen molar-refractivity contribution in [3.05, 3.63) is 72.4 Å². The zero-order valence-electron chi connectivity index (χ0n) is 20.2. The van der Waals surface area contributed by atoms with Crippen molar-refractivity contribution in [2.24, 2.45) is 5.92 Å². The van der Waals surface area contributed by atoms with Gasteiger partial charge in [0.25, 0.3) is 5.91 Å². The second kappa shape index (κ2) is 10.4. The molecule has 0 spiro atoms. The lowest BCUT2D eigenvalue weighted by Gasteiger charge is -2.39. The molecule has 1 aromatic heterocycles. The number of carbonyl (C=O) groups excluding carboxylic acids is 2. The van der Waals surface area contributed by atoms with Crippen molar-refractivity contribution in [1.29, 1.82) is 0 Å². The fourth-order valence-corrected chi connectivity index (χ4v) is 4.98. The predicted molar refractivity (Wildman–Crippen MR) is 135 cm³/mol. The minimum atomic E-state index is -0.123. The molecule has 2 amide bonds. The Balaban J connectivity index is 1.32. The monoisotopic (exact) mass is 472 g/mol. The number of piperazine rings is 1. The maximum absolute atomic E-state index is 13.4. The van der Waals surface area contributed by atoms with E-state index in [0.29, 0.717) is 31.6 Å². The van der Waals surface area contributed by atoms with E-state index in [1.54, 1.807) is 6.07 Å². The molecule has 2 aliphatic rings. The van der Waals surface area contributed by atoms with Gasteiger partial charge in [-0.15, -0.1) is 0 Å². The van der Waals surface area contributed by atoms with Gasteiger partial charge in [0.1, 0.15) is 17.5 Å². The molecule has 0 unspecified atom stereocenters. The van der Waals surface area contributed by atoms with Crippen LogP contribution in [0.25, 0.3) is 10.9 Å². The summed E-state index contributed by atoms with van der Waals surface area (Å²) in [5, 5.41) is 1.01. The van der Waals surface area contributed by atoms with Crippen molar-refractivity contribution in [3.63, 3.8) is 0 Å². The molecule has 0 bridgehead atoms. The zero-order valence-corrected chi connectivity index (χ0v) is 20.2. The summed E-state index contributed by atoms with van der Waals surface area (Å²) in [5.74, 6) is 0.764. The normalized spacial score (nSPS) is 21.2. The van der Waals surface area contributed by atoms with Crippen LogP contribution in [0.5, 0.6) is 5.75 Å². The second-order valence-corrected chi connectivity index (χ2v) is 9.55. The molecule has 2 saturated heterocycles. The van der Waals surface area contributed by atoms with Gasteiger partial charge in [-0.2, -0.15) is 0 Å². The van der Waals surface area contributed by atoms with Crippen molar-refractivity contribution in [1.82, 2.24) is 19.7 Å². The third-order valence-electron chi connectivity index (χ3n) is 7.09. The summed E-state index contributed by atoms with van der Waals surface area (Å²) in [6, 6.07) is 21.3. The van der Waals surface area contributed by atoms with E-state index in [9.17, 15) is 9.59 Å². The predicted octanol–water partition coefficient (Wildman–Crippen LogP) is 3.31. The highest BCUT2D eigenvalue weighted by molar-refractivity contribution is 5.95. The molecule has 2 fully saturated rings. The Morgan fingerprint density at radius 2 is 1.63 bits per heavy atom. The number of likely N-dealkylation sites (tertiary alicyclic amines) is 1. The average molecular weight is 473 g/mol. The highest BCUT2D eigenvalue weighted by Crippen LogP contribution is 2.27. The number of para-hydroxylation sites is 2. The molecule has 3 aromatic rings. The number of likely N-dealkylation sites (N-methyl/N-ethyl adjacent to an activating group) is 1. The number of rotatable bonds is 5. The summed E-state index contributed by atoms with van der Waals surface area (Å²) >= 11 is 0. The third-order valence-corrected chi connectivity index (χ3v) is 7.09. The van der Waals surface area contributed by atoms with Crippen LogP contribution in [-0.4, -0.2) is 83.9 Å². The lowest BCUT2D eigenvalue weighted by Crippen LogP contribution is -2.51. The van der Waals surface area contributed by atoms with E-state index in [1.165, 1.54) is 0 Å². The highest BCUT2D eigenvalue weighted by Gasteiger charge is 2.36. The van der Waals surface area contributed by atoms with Gasteiger partial charge in [-0.25, -0.2) is 4.98 Å². The minimum Gasteiger partial charge on any atom is -0.490 e. The number of pyridine rings is 1. The molecule has 0 radical (unpaired) electrons. The summed E-state index contributed by atoms with van der Waals surface area (Å²) < 4.78 is 6.33. The Labute approximate surface area is 206 Å². The third kappa shape index (κ3) is 5.46. The molecule has 0 saturated carbocycles. The van der Waals surface area contributed by atoms with Crippen LogP contribution < -0.4 is 4.74 Å². The Morgan fingerprint density at radius 1 is 0.886 bits per heavy atom. The lowest BCUT2D eigenvalue weighted by molar-refractivity contribution is -0.135. The molecule has 7 heteroatoms. The van der Waals surface area contributed by atoms with E-state index in [1.807, 2.05) is 70.5 Å². The van der Waals surface area contributed by atoms with Crippen LogP contribution in [0.2, 0.25) is 0 Å². The second-order valence-electron chi connectivity index (χ2n) is 9.55. The molecule has 182 valence electrons. The number of hydrogen-bond donors (Lipinski definition) is 0. The van der Waals surface area contributed by atoms with Crippen molar-refractivity contribution in [3.8, 4) is 5.75 Å². The molecule has 35 heavy (non-hydrogen) atoms. The number of carbonyl (C=O) groups is 2. The van der Waals surface area contributed by atoms with Gasteiger partial charge in [0.2, 0.25) is 5.91 Å². The first kappa shape index (κ1) is 23.3. The molecular formula is C28H32N4O3. The van der Waals surface area contributed by atoms with Crippen molar-refractivity contribution in [2.45, 2.75) is 18.9 Å². The van der Waals surface area contributed by atoms with Crippen molar-refractivity contribution >= 4 is 22.7 Å². The number of benzene rings is 2. The lowest BCUT2D eigenvalue weighted by atomic mass is 9.90. The van der Waals surface area contributed by atoms with Crippen LogP contribution >= 0.6 is 0 Å². The molecule has 2 atom stereocenters. The summed E-state index contributed by atoms with van der Waals surface area (Å²) in [6.45, 7) is 4.32. The molecule has 2 aromatic carbocycles. The fraction of sp³-hybridized carbons (Fsp3) is 0.393. The van der Waals surface area contributed by atoms with E-state index in [4.69, 9.17) is 4.74 Å². The Bertz CT molecular complexity index is 1180. The Hall–Kier alpha value is -3.45. The topological polar surface area (TPSA) is 66.0 Å². The van der Waals surface area contributed by atoms with Crippen LogP contribution in [-0.2, 0) is 4.79 Å². The smallest absolute Gasteiger partial charge is 0.272 e. The van der Waals surface area contributed by atoms with Gasteiger partial charge < -0.3 is 19.4 Å². The van der Waals surface area contributed by atoms with Crippen LogP contribution in [0.3, 0.4) is 0 Å². The highest BCUT2D eigenvalue weighted by atomic mass is 16.5. The maximum Gasteiger partial charge on any atom is 0.272 e. The van der Waals surface area contributed by atoms with Gasteiger partial charge in [-0.05, 0) is 31.3 Å². The summed E-state index contributed by atoms with van der Waals surface area (Å²) in [4.78, 5) is 37.2. The number of hydrogen-bond acceptors (Lipinski definition) is 5. The Morgan fingerprint density at radius 3 is 2.43 bits per heavy atom. The molecule has 2 aliphatic heterocycles. The molecule has 0 N–H and O–H groups in total. The number of fused-ring (bicyclic) bond motifs is 1. The van der Waals surface area contributed by atoms with Crippen LogP contribution in [0.4, 0.5) is 0 Å². The van der Waals surface area contributed by atoms with Crippen LogP contribution in [0.15, 0.2) is 66.7 Å². The standard InChI is InChI=1S/C28H32N4O3/c1-30-15-17-31(18-16-30)27(33)19-22-20-32(14-13-26(22)35-23-8-3-2-4-9-23)28(34)25-12-11-21-7-5-6-10-24(21)29-25/h2-12,22,26H,13-20H2,1H3/t22-,26-/m0/s1. The maximum atomic E-state index is 13.4. The molecule has 0 aliphatic carbocycles. The number of aromatic nitrogens is 1. The van der Waals surface area contributed by atoms with Gasteiger partial charge in [-0.1, -0.05) is 42.5 Å². The van der Waals surface area contributed by atoms with Crippen LogP contribution in [0.1, 0.15) is 23.3 Å².